The minimum absolute atomic E-state index is 0.0591. The van der Waals surface area contributed by atoms with Gasteiger partial charge in [0.05, 0.1) is 6.07 Å². The lowest BCUT2D eigenvalue weighted by molar-refractivity contribution is -0.118. The second kappa shape index (κ2) is 6.66. The molecule has 1 amide bonds. The van der Waals surface area contributed by atoms with Gasteiger partial charge in [0.2, 0.25) is 5.91 Å². The van der Waals surface area contributed by atoms with Gasteiger partial charge in [-0.15, -0.1) is 0 Å². The van der Waals surface area contributed by atoms with Crippen molar-refractivity contribution >= 4 is 5.91 Å². The maximum Gasteiger partial charge on any atom is 0.216 e. The number of carbonyl (C=O) groups excluding carboxylic acids is 1. The number of hydrogen-bond donors (Lipinski definition) is 2. The molecule has 0 radical (unpaired) electrons. The lowest BCUT2D eigenvalue weighted by Crippen LogP contribution is -2.32. The first-order chi connectivity index (χ1) is 8.15. The van der Waals surface area contributed by atoms with E-state index in [1.54, 1.807) is 0 Å². The molecule has 17 heavy (non-hydrogen) atoms. The van der Waals surface area contributed by atoms with Crippen LogP contribution in [0.1, 0.15) is 24.1 Å². The summed E-state index contributed by atoms with van der Waals surface area (Å²) >= 11 is 0. The van der Waals surface area contributed by atoms with E-state index in [2.05, 4.69) is 16.7 Å². The fourth-order valence-electron chi connectivity index (χ4n) is 1.59. The van der Waals surface area contributed by atoms with Gasteiger partial charge < -0.3 is 5.32 Å². The fourth-order valence-corrected chi connectivity index (χ4v) is 1.59. The molecule has 90 valence electrons. The van der Waals surface area contributed by atoms with Crippen molar-refractivity contribution in [2.24, 2.45) is 0 Å². The van der Waals surface area contributed by atoms with E-state index in [4.69, 9.17) is 5.26 Å². The van der Waals surface area contributed by atoms with Crippen molar-refractivity contribution in [3.05, 3.63) is 35.4 Å². The third-order valence-corrected chi connectivity index (χ3v) is 2.48. The highest BCUT2D eigenvalue weighted by Crippen LogP contribution is 2.15. The molecular formula is C13H17N3O. The topological polar surface area (TPSA) is 64.9 Å². The van der Waals surface area contributed by atoms with E-state index in [0.29, 0.717) is 13.1 Å². The molecule has 2 N–H and O–H groups in total. The van der Waals surface area contributed by atoms with Gasteiger partial charge in [0.1, 0.15) is 6.04 Å². The normalized spacial score (nSPS) is 11.6. The molecule has 0 spiro atoms. The van der Waals surface area contributed by atoms with Crippen LogP contribution in [0.15, 0.2) is 24.3 Å². The second-order valence-electron chi connectivity index (χ2n) is 3.86. The molecule has 0 aliphatic rings. The number of nitrogens with zero attached hydrogens (tertiary/aromatic N) is 1. The van der Waals surface area contributed by atoms with Gasteiger partial charge in [0, 0.05) is 20.0 Å². The van der Waals surface area contributed by atoms with Crippen molar-refractivity contribution < 1.29 is 4.79 Å². The Morgan fingerprint density at radius 1 is 1.41 bits per heavy atom. The van der Waals surface area contributed by atoms with Gasteiger partial charge in [-0.05, 0) is 18.1 Å². The molecule has 1 unspecified atom stereocenters. The molecule has 1 rings (SSSR count). The number of hydrogen-bond acceptors (Lipinski definition) is 3. The average molecular weight is 231 g/mol. The summed E-state index contributed by atoms with van der Waals surface area (Å²) in [5.74, 6) is -0.0591. The van der Waals surface area contributed by atoms with Crippen LogP contribution in [-0.2, 0) is 4.79 Å². The Kier molecular flexibility index (Phi) is 5.18. The van der Waals surface area contributed by atoms with E-state index >= 15 is 0 Å². The Balaban J connectivity index is 2.53. The number of benzene rings is 1. The van der Waals surface area contributed by atoms with E-state index in [9.17, 15) is 4.79 Å². The van der Waals surface area contributed by atoms with Crippen molar-refractivity contribution in [3.8, 4) is 6.07 Å². The van der Waals surface area contributed by atoms with Crippen LogP contribution >= 0.6 is 0 Å². The monoisotopic (exact) mass is 231 g/mol. The highest BCUT2D eigenvalue weighted by molar-refractivity contribution is 5.72. The van der Waals surface area contributed by atoms with Gasteiger partial charge in [-0.2, -0.15) is 5.26 Å². The van der Waals surface area contributed by atoms with Crippen molar-refractivity contribution in [3.63, 3.8) is 0 Å². The average Bonchev–Trinajstić information content (AvgIpc) is 2.30. The molecule has 0 aliphatic heterocycles. The Labute approximate surface area is 102 Å². The number of carbonyl (C=O) groups is 1. The fraction of sp³-hybridized carbons (Fsp3) is 0.385. The van der Waals surface area contributed by atoms with Crippen LogP contribution in [0.3, 0.4) is 0 Å². The molecule has 0 fully saturated rings. The summed E-state index contributed by atoms with van der Waals surface area (Å²) < 4.78 is 0. The smallest absolute Gasteiger partial charge is 0.216 e. The van der Waals surface area contributed by atoms with E-state index < -0.39 is 0 Å². The van der Waals surface area contributed by atoms with Crippen LogP contribution in [0.25, 0.3) is 0 Å². The van der Waals surface area contributed by atoms with Crippen LogP contribution in [-0.4, -0.2) is 19.0 Å². The van der Waals surface area contributed by atoms with Crippen molar-refractivity contribution in [2.75, 3.05) is 13.1 Å². The molecule has 4 heteroatoms. The molecular weight excluding hydrogens is 214 g/mol. The van der Waals surface area contributed by atoms with Crippen LogP contribution in [0.2, 0.25) is 0 Å². The predicted octanol–water partition coefficient (Wildman–Crippen LogP) is 1.29. The van der Waals surface area contributed by atoms with Crippen molar-refractivity contribution in [2.45, 2.75) is 19.9 Å². The lowest BCUT2D eigenvalue weighted by atomic mass is 10.0. The van der Waals surface area contributed by atoms with Crippen LogP contribution in [0.5, 0.6) is 0 Å². The van der Waals surface area contributed by atoms with E-state index in [-0.39, 0.29) is 11.9 Å². The highest BCUT2D eigenvalue weighted by atomic mass is 16.1. The summed E-state index contributed by atoms with van der Waals surface area (Å²) in [6, 6.07) is 9.68. The largest absolute Gasteiger partial charge is 0.355 e. The number of aryl methyl sites for hydroxylation is 1. The number of rotatable bonds is 5. The Hall–Kier alpha value is -1.86. The molecule has 0 saturated carbocycles. The maximum absolute atomic E-state index is 10.7. The van der Waals surface area contributed by atoms with E-state index in [0.717, 1.165) is 11.1 Å². The number of nitrogens with one attached hydrogen (secondary N) is 2. The molecule has 4 nitrogen and oxygen atoms in total. The first kappa shape index (κ1) is 13.2. The van der Waals surface area contributed by atoms with Gasteiger partial charge in [0.15, 0.2) is 0 Å². The molecule has 0 aliphatic carbocycles. The van der Waals surface area contributed by atoms with Crippen LogP contribution < -0.4 is 10.6 Å². The highest BCUT2D eigenvalue weighted by Gasteiger charge is 2.10. The summed E-state index contributed by atoms with van der Waals surface area (Å²) in [4.78, 5) is 10.7. The minimum Gasteiger partial charge on any atom is -0.355 e. The lowest BCUT2D eigenvalue weighted by Gasteiger charge is -2.14. The number of amides is 1. The van der Waals surface area contributed by atoms with Gasteiger partial charge in [-0.1, -0.05) is 24.3 Å². The summed E-state index contributed by atoms with van der Waals surface area (Å²) in [5.41, 5.74) is 2.07. The summed E-state index contributed by atoms with van der Waals surface area (Å²) in [6.07, 6.45) is 0. The quantitative estimate of drug-likeness (QED) is 0.750. The van der Waals surface area contributed by atoms with E-state index in [1.807, 2.05) is 31.2 Å². The van der Waals surface area contributed by atoms with Gasteiger partial charge in [-0.25, -0.2) is 0 Å². The summed E-state index contributed by atoms with van der Waals surface area (Å²) in [6.45, 7) is 4.56. The van der Waals surface area contributed by atoms with Gasteiger partial charge >= 0.3 is 0 Å². The van der Waals surface area contributed by atoms with Gasteiger partial charge in [-0.3, -0.25) is 10.1 Å². The number of nitriles is 1. The first-order valence-corrected chi connectivity index (χ1v) is 5.58. The Morgan fingerprint density at radius 3 is 2.71 bits per heavy atom. The van der Waals surface area contributed by atoms with E-state index in [1.165, 1.54) is 6.92 Å². The third-order valence-electron chi connectivity index (χ3n) is 2.48. The molecule has 0 bridgehead atoms. The SMILES string of the molecule is CC(=O)NCCNC(C#N)c1ccccc1C. The standard InChI is InChI=1S/C13H17N3O/c1-10-5-3-4-6-12(10)13(9-14)16-8-7-15-11(2)17/h3-6,13,16H,7-8H2,1-2H3,(H,15,17). The molecule has 0 aromatic heterocycles. The predicted molar refractivity (Wildman–Crippen MR) is 66.2 cm³/mol. The maximum atomic E-state index is 10.7. The van der Waals surface area contributed by atoms with Crippen LogP contribution in [0, 0.1) is 18.3 Å². The second-order valence-corrected chi connectivity index (χ2v) is 3.86. The third kappa shape index (κ3) is 4.25. The van der Waals surface area contributed by atoms with Crippen LogP contribution in [0.4, 0.5) is 0 Å². The Morgan fingerprint density at radius 2 is 2.12 bits per heavy atom. The molecule has 1 aromatic rings. The minimum atomic E-state index is -0.329. The molecule has 1 aromatic carbocycles. The first-order valence-electron chi connectivity index (χ1n) is 5.58. The zero-order chi connectivity index (χ0) is 12.7. The molecule has 0 heterocycles. The molecule has 0 saturated heterocycles. The van der Waals surface area contributed by atoms with Gasteiger partial charge in [0.25, 0.3) is 0 Å². The zero-order valence-corrected chi connectivity index (χ0v) is 10.2. The van der Waals surface area contributed by atoms with Crippen molar-refractivity contribution in [1.29, 1.82) is 5.26 Å². The summed E-state index contributed by atoms with van der Waals surface area (Å²) in [5, 5.41) is 14.9. The Bertz CT molecular complexity index is 423. The van der Waals surface area contributed by atoms with Crippen molar-refractivity contribution in [1.82, 2.24) is 10.6 Å². The zero-order valence-electron chi connectivity index (χ0n) is 10.2. The molecule has 1 atom stereocenters. The summed E-state index contributed by atoms with van der Waals surface area (Å²) in [7, 11) is 0.